The Hall–Kier alpha value is -1.82. The Kier molecular flexibility index (Phi) is 7.12. The van der Waals surface area contributed by atoms with Crippen molar-refractivity contribution >= 4 is 17.7 Å². The highest BCUT2D eigenvalue weighted by molar-refractivity contribution is 7.99. The van der Waals surface area contributed by atoms with Crippen LogP contribution in [0.5, 0.6) is 0 Å². The molecule has 0 bridgehead atoms. The number of carbonyl (C=O) groups excluding carboxylic acids is 1. The summed E-state index contributed by atoms with van der Waals surface area (Å²) in [7, 11) is 0. The summed E-state index contributed by atoms with van der Waals surface area (Å²) in [6.07, 6.45) is 7.80. The minimum absolute atomic E-state index is 0.110. The van der Waals surface area contributed by atoms with E-state index >= 15 is 0 Å². The Morgan fingerprint density at radius 3 is 2.65 bits per heavy atom. The molecule has 0 aliphatic heterocycles. The average molecular weight is 373 g/mol. The molecule has 1 aromatic heterocycles. The normalized spacial score (nSPS) is 15.1. The molecule has 1 fully saturated rings. The van der Waals surface area contributed by atoms with E-state index in [-0.39, 0.29) is 5.91 Å². The van der Waals surface area contributed by atoms with Gasteiger partial charge in [-0.25, -0.2) is 0 Å². The number of aromatic nitrogens is 3. The summed E-state index contributed by atoms with van der Waals surface area (Å²) < 4.78 is 2.13. The Balaban J connectivity index is 1.51. The fourth-order valence-electron chi connectivity index (χ4n) is 3.48. The fourth-order valence-corrected chi connectivity index (χ4v) is 4.31. The van der Waals surface area contributed by atoms with Crippen LogP contribution >= 0.6 is 11.8 Å². The smallest absolute Gasteiger partial charge is 0.230 e. The van der Waals surface area contributed by atoms with Crippen LogP contribution in [-0.4, -0.2) is 32.5 Å². The number of thioether (sulfide) groups is 1. The molecule has 3 rings (SSSR count). The number of amides is 1. The molecule has 0 spiro atoms. The lowest BCUT2D eigenvalue weighted by molar-refractivity contribution is -0.119. The summed E-state index contributed by atoms with van der Waals surface area (Å²) >= 11 is 1.49. The van der Waals surface area contributed by atoms with Crippen LogP contribution in [-0.2, 0) is 24.2 Å². The van der Waals surface area contributed by atoms with E-state index in [1.54, 1.807) is 0 Å². The Morgan fingerprint density at radius 1 is 1.15 bits per heavy atom. The van der Waals surface area contributed by atoms with Crippen molar-refractivity contribution in [1.29, 1.82) is 0 Å². The maximum absolute atomic E-state index is 12.2. The first-order valence-corrected chi connectivity index (χ1v) is 10.6. The van der Waals surface area contributed by atoms with Gasteiger partial charge >= 0.3 is 0 Å². The highest BCUT2D eigenvalue weighted by atomic mass is 32.2. The van der Waals surface area contributed by atoms with Gasteiger partial charge in [-0.15, -0.1) is 10.2 Å². The predicted molar refractivity (Wildman–Crippen MR) is 105 cm³/mol. The minimum Gasteiger partial charge on any atom is -0.353 e. The second kappa shape index (κ2) is 9.76. The number of nitrogens with zero attached hydrogens (tertiary/aromatic N) is 3. The van der Waals surface area contributed by atoms with E-state index in [4.69, 9.17) is 0 Å². The van der Waals surface area contributed by atoms with Crippen molar-refractivity contribution in [3.8, 4) is 0 Å². The van der Waals surface area contributed by atoms with Gasteiger partial charge in [-0.05, 0) is 31.7 Å². The Labute approximate surface area is 160 Å². The van der Waals surface area contributed by atoms with Gasteiger partial charge in [-0.1, -0.05) is 61.4 Å². The van der Waals surface area contributed by atoms with Gasteiger partial charge < -0.3 is 9.88 Å². The van der Waals surface area contributed by atoms with Gasteiger partial charge in [0.1, 0.15) is 5.82 Å². The average Bonchev–Trinajstić information content (AvgIpc) is 3.08. The van der Waals surface area contributed by atoms with Crippen LogP contribution in [0, 0.1) is 0 Å². The maximum Gasteiger partial charge on any atom is 0.230 e. The molecule has 6 heteroatoms. The zero-order chi connectivity index (χ0) is 18.2. The topological polar surface area (TPSA) is 59.8 Å². The second-order valence-corrected chi connectivity index (χ2v) is 7.76. The second-order valence-electron chi connectivity index (χ2n) is 6.82. The van der Waals surface area contributed by atoms with Crippen molar-refractivity contribution < 1.29 is 4.79 Å². The number of nitrogens with one attached hydrogen (secondary N) is 1. The van der Waals surface area contributed by atoms with E-state index in [2.05, 4.69) is 51.3 Å². The molecule has 1 aliphatic rings. The van der Waals surface area contributed by atoms with Gasteiger partial charge in [0, 0.05) is 19.0 Å². The molecule has 5 nitrogen and oxygen atoms in total. The van der Waals surface area contributed by atoms with Gasteiger partial charge in [0.2, 0.25) is 5.91 Å². The predicted octanol–water partition coefficient (Wildman–Crippen LogP) is 3.62. The van der Waals surface area contributed by atoms with Crippen LogP contribution in [0.3, 0.4) is 0 Å². The third-order valence-electron chi connectivity index (χ3n) is 4.89. The van der Waals surface area contributed by atoms with E-state index in [1.807, 2.05) is 6.07 Å². The van der Waals surface area contributed by atoms with Crippen molar-refractivity contribution in [2.24, 2.45) is 0 Å². The van der Waals surface area contributed by atoms with E-state index in [0.717, 1.165) is 43.2 Å². The molecule has 1 saturated carbocycles. The van der Waals surface area contributed by atoms with Crippen molar-refractivity contribution in [1.82, 2.24) is 20.1 Å². The number of hydrogen-bond acceptors (Lipinski definition) is 4. The molecular formula is C20H28N4OS. The number of carbonyl (C=O) groups is 1. The Bertz CT molecular complexity index is 695. The minimum atomic E-state index is 0.110. The van der Waals surface area contributed by atoms with Crippen molar-refractivity contribution in [3.05, 3.63) is 41.7 Å². The highest BCUT2D eigenvalue weighted by Crippen LogP contribution is 2.20. The molecule has 1 heterocycles. The number of aryl methyl sites for hydroxylation is 2. The van der Waals surface area contributed by atoms with Gasteiger partial charge in [-0.2, -0.15) is 0 Å². The van der Waals surface area contributed by atoms with E-state index in [0.29, 0.717) is 11.8 Å². The van der Waals surface area contributed by atoms with Crippen LogP contribution in [0.15, 0.2) is 35.5 Å². The first-order chi connectivity index (χ1) is 12.8. The molecule has 26 heavy (non-hydrogen) atoms. The molecule has 1 N–H and O–H groups in total. The lowest BCUT2D eigenvalue weighted by Crippen LogP contribution is -2.37. The zero-order valence-corrected chi connectivity index (χ0v) is 16.3. The number of hydrogen-bond donors (Lipinski definition) is 1. The number of rotatable bonds is 8. The van der Waals surface area contributed by atoms with Crippen molar-refractivity contribution in [3.63, 3.8) is 0 Å². The van der Waals surface area contributed by atoms with Crippen molar-refractivity contribution in [2.45, 2.75) is 69.6 Å². The molecule has 1 aromatic carbocycles. The molecule has 2 aromatic rings. The summed E-state index contributed by atoms with van der Waals surface area (Å²) in [5, 5.41) is 12.7. The zero-order valence-electron chi connectivity index (χ0n) is 15.5. The molecule has 1 amide bonds. The number of benzene rings is 1. The quantitative estimate of drug-likeness (QED) is 0.719. The van der Waals surface area contributed by atoms with Crippen molar-refractivity contribution in [2.75, 3.05) is 5.75 Å². The van der Waals surface area contributed by atoms with E-state index in [9.17, 15) is 4.79 Å². The maximum atomic E-state index is 12.2. The molecule has 0 unspecified atom stereocenters. The molecular weight excluding hydrogens is 344 g/mol. The third-order valence-corrected chi connectivity index (χ3v) is 5.86. The largest absolute Gasteiger partial charge is 0.353 e. The lowest BCUT2D eigenvalue weighted by atomic mass is 9.95. The van der Waals surface area contributed by atoms with Crippen LogP contribution in [0.4, 0.5) is 0 Å². The van der Waals surface area contributed by atoms with Crippen LogP contribution in [0.1, 0.15) is 50.4 Å². The Morgan fingerprint density at radius 2 is 1.92 bits per heavy atom. The van der Waals surface area contributed by atoms with Crippen LogP contribution < -0.4 is 5.32 Å². The molecule has 1 aliphatic carbocycles. The van der Waals surface area contributed by atoms with Gasteiger partial charge in [0.25, 0.3) is 0 Å². The van der Waals surface area contributed by atoms with E-state index in [1.165, 1.54) is 36.6 Å². The first kappa shape index (κ1) is 19.0. The summed E-state index contributed by atoms with van der Waals surface area (Å²) in [4.78, 5) is 12.2. The molecule has 0 radical (unpaired) electrons. The summed E-state index contributed by atoms with van der Waals surface area (Å²) in [5.41, 5.74) is 1.30. The molecule has 0 saturated heterocycles. The monoisotopic (exact) mass is 372 g/mol. The third kappa shape index (κ3) is 5.34. The summed E-state index contributed by atoms with van der Waals surface area (Å²) in [6.45, 7) is 2.92. The SMILES string of the molecule is CCn1c(CCc2ccccc2)nnc1SCC(=O)NC1CCCCC1. The first-order valence-electron chi connectivity index (χ1n) is 9.64. The molecule has 140 valence electrons. The van der Waals surface area contributed by atoms with Crippen LogP contribution in [0.2, 0.25) is 0 Å². The summed E-state index contributed by atoms with van der Waals surface area (Å²) in [6, 6.07) is 10.8. The van der Waals surface area contributed by atoms with Gasteiger partial charge in [0.15, 0.2) is 5.16 Å². The summed E-state index contributed by atoms with van der Waals surface area (Å²) in [5.74, 6) is 1.51. The molecule has 0 atom stereocenters. The van der Waals surface area contributed by atoms with Gasteiger partial charge in [-0.3, -0.25) is 4.79 Å². The van der Waals surface area contributed by atoms with Gasteiger partial charge in [0.05, 0.1) is 5.75 Å². The van der Waals surface area contributed by atoms with Crippen LogP contribution in [0.25, 0.3) is 0 Å². The van der Waals surface area contributed by atoms with E-state index < -0.39 is 0 Å². The highest BCUT2D eigenvalue weighted by Gasteiger charge is 2.17. The lowest BCUT2D eigenvalue weighted by Gasteiger charge is -2.22. The fraction of sp³-hybridized carbons (Fsp3) is 0.550. The standard InChI is InChI=1S/C20H28N4OS/c1-2-24-18(14-13-16-9-5-3-6-10-16)22-23-20(24)26-15-19(25)21-17-11-7-4-8-12-17/h3,5-6,9-10,17H,2,4,7-8,11-15H2,1H3,(H,21,25).